The number of nitrogens with zero attached hydrogens (tertiary/aromatic N) is 4. The predicted octanol–water partition coefficient (Wildman–Crippen LogP) is 5.02. The minimum atomic E-state index is -4.51. The molecular formula is C21H22ClF3N6. The first-order valence-corrected chi connectivity index (χ1v) is 10.3. The van der Waals surface area contributed by atoms with Crippen LogP contribution in [0, 0.1) is 6.92 Å². The molecule has 1 saturated heterocycles. The van der Waals surface area contributed by atoms with Gasteiger partial charge in [0.15, 0.2) is 11.6 Å². The van der Waals surface area contributed by atoms with E-state index in [9.17, 15) is 13.2 Å². The van der Waals surface area contributed by atoms with Crippen LogP contribution < -0.4 is 5.32 Å². The lowest BCUT2D eigenvalue weighted by Crippen LogP contribution is -2.36. The van der Waals surface area contributed by atoms with Crippen molar-refractivity contribution >= 4 is 17.4 Å². The fraction of sp³-hybridized carbons (Fsp3) is 0.381. The summed E-state index contributed by atoms with van der Waals surface area (Å²) < 4.78 is 38.8. The first-order chi connectivity index (χ1) is 14.7. The van der Waals surface area contributed by atoms with Crippen molar-refractivity contribution in [2.24, 2.45) is 0 Å². The number of aromatic amines is 1. The molecule has 1 aromatic carbocycles. The Hall–Kier alpha value is -2.65. The number of H-pyrrole nitrogens is 1. The highest BCUT2D eigenvalue weighted by Gasteiger charge is 2.33. The van der Waals surface area contributed by atoms with Crippen molar-refractivity contribution in [3.8, 4) is 22.9 Å². The van der Waals surface area contributed by atoms with Gasteiger partial charge in [-0.15, -0.1) is 0 Å². The van der Waals surface area contributed by atoms with Gasteiger partial charge in [0.25, 0.3) is 0 Å². The fourth-order valence-electron chi connectivity index (χ4n) is 3.61. The maximum Gasteiger partial charge on any atom is 0.417 e. The molecule has 0 atom stereocenters. The largest absolute Gasteiger partial charge is 0.417 e. The van der Waals surface area contributed by atoms with Crippen molar-refractivity contribution in [2.45, 2.75) is 32.0 Å². The average molecular weight is 451 g/mol. The highest BCUT2D eigenvalue weighted by atomic mass is 35.5. The Morgan fingerprint density at radius 2 is 1.87 bits per heavy atom. The standard InChI is InChI=1S/C21H22ClF3N6/c1-12-9-17(27-18(10-12)26-14-5-7-31(2)8-6-14)20-28-19(29-30-20)13-3-4-15(16(22)11-13)21(23,24)25/h3-4,9-11,14H,5-8H2,1-2H3,(H,26,27)(H,28,29,30). The number of nitrogens with one attached hydrogen (secondary N) is 2. The number of anilines is 1. The Balaban J connectivity index is 1.56. The van der Waals surface area contributed by atoms with Gasteiger partial charge in [0.2, 0.25) is 0 Å². The monoisotopic (exact) mass is 450 g/mol. The van der Waals surface area contributed by atoms with Crippen LogP contribution in [0.5, 0.6) is 0 Å². The Morgan fingerprint density at radius 3 is 2.55 bits per heavy atom. The van der Waals surface area contributed by atoms with Crippen molar-refractivity contribution in [3.05, 3.63) is 46.5 Å². The molecule has 31 heavy (non-hydrogen) atoms. The molecule has 3 aromatic rings. The quantitative estimate of drug-likeness (QED) is 0.584. The number of benzene rings is 1. The van der Waals surface area contributed by atoms with Crippen LogP contribution in [-0.2, 0) is 6.18 Å². The zero-order valence-electron chi connectivity index (χ0n) is 17.1. The molecule has 10 heteroatoms. The van der Waals surface area contributed by atoms with Gasteiger partial charge in [0.1, 0.15) is 11.5 Å². The number of likely N-dealkylation sites (tertiary alicyclic amines) is 1. The van der Waals surface area contributed by atoms with E-state index in [0.29, 0.717) is 23.1 Å². The fourth-order valence-corrected chi connectivity index (χ4v) is 3.90. The molecule has 0 radical (unpaired) electrons. The number of hydrogen-bond donors (Lipinski definition) is 2. The van der Waals surface area contributed by atoms with Gasteiger partial charge in [0.05, 0.1) is 10.6 Å². The highest BCUT2D eigenvalue weighted by Crippen LogP contribution is 2.36. The smallest absolute Gasteiger partial charge is 0.367 e. The predicted molar refractivity (Wildman–Crippen MR) is 114 cm³/mol. The molecule has 0 bridgehead atoms. The van der Waals surface area contributed by atoms with Crippen molar-refractivity contribution in [3.63, 3.8) is 0 Å². The number of alkyl halides is 3. The summed E-state index contributed by atoms with van der Waals surface area (Å²) in [6, 6.07) is 7.67. The topological polar surface area (TPSA) is 69.7 Å². The van der Waals surface area contributed by atoms with Crippen LogP contribution >= 0.6 is 11.6 Å². The molecule has 0 aliphatic carbocycles. The third-order valence-corrected chi connectivity index (χ3v) is 5.61. The number of hydrogen-bond acceptors (Lipinski definition) is 5. The maximum atomic E-state index is 12.9. The van der Waals surface area contributed by atoms with Gasteiger partial charge in [-0.05, 0) is 69.7 Å². The molecule has 1 aliphatic heterocycles. The molecular weight excluding hydrogens is 429 g/mol. The number of pyridine rings is 1. The third-order valence-electron chi connectivity index (χ3n) is 5.30. The molecule has 164 valence electrons. The second kappa shape index (κ2) is 8.47. The summed E-state index contributed by atoms with van der Waals surface area (Å²) in [6.45, 7) is 4.05. The van der Waals surface area contributed by atoms with Crippen LogP contribution in [0.25, 0.3) is 22.9 Å². The van der Waals surface area contributed by atoms with Gasteiger partial charge in [-0.2, -0.15) is 18.3 Å². The minimum absolute atomic E-state index is 0.249. The number of halogens is 4. The summed E-state index contributed by atoms with van der Waals surface area (Å²) in [5.41, 5.74) is 1.11. The summed E-state index contributed by atoms with van der Waals surface area (Å²) >= 11 is 5.82. The maximum absolute atomic E-state index is 12.9. The summed E-state index contributed by atoms with van der Waals surface area (Å²) in [5.74, 6) is 1.44. The van der Waals surface area contributed by atoms with E-state index in [1.807, 2.05) is 19.1 Å². The van der Waals surface area contributed by atoms with E-state index in [2.05, 4.69) is 37.4 Å². The summed E-state index contributed by atoms with van der Waals surface area (Å²) in [7, 11) is 2.12. The van der Waals surface area contributed by atoms with E-state index in [1.165, 1.54) is 12.1 Å². The third kappa shape index (κ3) is 4.99. The van der Waals surface area contributed by atoms with Crippen LogP contribution in [0.4, 0.5) is 19.0 Å². The van der Waals surface area contributed by atoms with Crippen LogP contribution in [0.15, 0.2) is 30.3 Å². The number of aromatic nitrogens is 4. The van der Waals surface area contributed by atoms with Crippen molar-refractivity contribution < 1.29 is 13.2 Å². The van der Waals surface area contributed by atoms with Gasteiger partial charge in [-0.25, -0.2) is 9.97 Å². The SMILES string of the molecule is Cc1cc(NC2CCN(C)CC2)nc(-c2nc(-c3ccc(C(F)(F)F)c(Cl)c3)n[nH]2)c1. The number of rotatable bonds is 4. The van der Waals surface area contributed by atoms with E-state index in [-0.39, 0.29) is 5.82 Å². The van der Waals surface area contributed by atoms with Gasteiger partial charge >= 0.3 is 6.18 Å². The summed E-state index contributed by atoms with van der Waals surface area (Å²) in [4.78, 5) is 11.4. The van der Waals surface area contributed by atoms with Crippen molar-refractivity contribution in [1.29, 1.82) is 0 Å². The normalized spacial score (nSPS) is 15.9. The van der Waals surface area contributed by atoms with Crippen molar-refractivity contribution in [1.82, 2.24) is 25.1 Å². The molecule has 0 saturated carbocycles. The Labute approximate surface area is 182 Å². The molecule has 0 amide bonds. The molecule has 0 unspecified atom stereocenters. The van der Waals surface area contributed by atoms with E-state index in [1.54, 1.807) is 0 Å². The van der Waals surface area contributed by atoms with E-state index in [4.69, 9.17) is 11.6 Å². The first-order valence-electron chi connectivity index (χ1n) is 9.93. The zero-order valence-corrected chi connectivity index (χ0v) is 17.8. The number of piperidine rings is 1. The van der Waals surface area contributed by atoms with Gasteiger partial charge < -0.3 is 10.2 Å². The lowest BCUT2D eigenvalue weighted by molar-refractivity contribution is -0.137. The van der Waals surface area contributed by atoms with Crippen LogP contribution in [0.2, 0.25) is 5.02 Å². The molecule has 1 aliphatic rings. The Kier molecular flexibility index (Phi) is 5.90. The molecule has 4 rings (SSSR count). The van der Waals surface area contributed by atoms with Crippen LogP contribution in [0.3, 0.4) is 0 Å². The molecule has 3 heterocycles. The lowest BCUT2D eigenvalue weighted by Gasteiger charge is -2.29. The Bertz CT molecular complexity index is 1070. The van der Waals surface area contributed by atoms with Gasteiger partial charge in [0, 0.05) is 11.6 Å². The second-order valence-corrected chi connectivity index (χ2v) is 8.24. The van der Waals surface area contributed by atoms with Crippen LogP contribution in [0.1, 0.15) is 24.0 Å². The lowest BCUT2D eigenvalue weighted by atomic mass is 10.1. The van der Waals surface area contributed by atoms with Crippen molar-refractivity contribution in [2.75, 3.05) is 25.5 Å². The van der Waals surface area contributed by atoms with E-state index < -0.39 is 16.8 Å². The summed E-state index contributed by atoms with van der Waals surface area (Å²) in [5, 5.41) is 10.1. The molecule has 1 fully saturated rings. The second-order valence-electron chi connectivity index (χ2n) is 7.84. The molecule has 0 spiro atoms. The first kappa shape index (κ1) is 21.6. The van der Waals surface area contributed by atoms with Gasteiger partial charge in [-0.1, -0.05) is 17.7 Å². The highest BCUT2D eigenvalue weighted by molar-refractivity contribution is 6.31. The molecule has 2 aromatic heterocycles. The van der Waals surface area contributed by atoms with Gasteiger partial charge in [-0.3, -0.25) is 5.10 Å². The van der Waals surface area contributed by atoms with Crippen LogP contribution in [-0.4, -0.2) is 51.2 Å². The molecule has 6 nitrogen and oxygen atoms in total. The summed E-state index contributed by atoms with van der Waals surface area (Å²) in [6.07, 6.45) is -2.42. The van der Waals surface area contributed by atoms with E-state index >= 15 is 0 Å². The number of aryl methyl sites for hydroxylation is 1. The zero-order chi connectivity index (χ0) is 22.2. The average Bonchev–Trinajstić information content (AvgIpc) is 3.19. The Morgan fingerprint density at radius 1 is 1.13 bits per heavy atom. The van der Waals surface area contributed by atoms with E-state index in [0.717, 1.165) is 43.4 Å². The molecule has 2 N–H and O–H groups in total. The minimum Gasteiger partial charge on any atom is -0.367 e.